The Morgan fingerprint density at radius 3 is 2.79 bits per heavy atom. The molecule has 1 aromatic rings. The van der Waals surface area contributed by atoms with E-state index in [-0.39, 0.29) is 30.1 Å². The molecule has 6 heteroatoms. The molecule has 0 radical (unpaired) electrons. The molecule has 1 heterocycles. The maximum atomic E-state index is 5.85. The fraction of sp³-hybridized carbons (Fsp3) is 0.611. The minimum atomic E-state index is 0. The zero-order valence-corrected chi connectivity index (χ0v) is 17.5. The van der Waals surface area contributed by atoms with Crippen molar-refractivity contribution in [2.24, 2.45) is 4.99 Å². The molecule has 2 N–H and O–H groups in total. The first kappa shape index (κ1) is 20.9. The first-order valence-electron chi connectivity index (χ1n) is 8.56. The third kappa shape index (κ3) is 5.72. The van der Waals surface area contributed by atoms with E-state index < -0.39 is 0 Å². The van der Waals surface area contributed by atoms with Crippen LogP contribution in [0.5, 0.6) is 11.5 Å². The predicted molar refractivity (Wildman–Crippen MR) is 110 cm³/mol. The molecule has 0 bridgehead atoms. The minimum absolute atomic E-state index is 0. The first-order valence-corrected chi connectivity index (χ1v) is 8.56. The molecule has 136 valence electrons. The summed E-state index contributed by atoms with van der Waals surface area (Å²) in [6, 6.07) is 4.15. The summed E-state index contributed by atoms with van der Waals surface area (Å²) in [6.45, 7) is 8.69. The summed E-state index contributed by atoms with van der Waals surface area (Å²) in [5, 5.41) is 6.63. The SMILES string of the molecule is CCCCNC(=NCc1cc2c(cc1OC)CC(C)O2)NCC.I. The lowest BCUT2D eigenvalue weighted by molar-refractivity contribution is 0.254. The molecule has 2 rings (SSSR count). The van der Waals surface area contributed by atoms with Crippen molar-refractivity contribution in [1.29, 1.82) is 0 Å². The summed E-state index contributed by atoms with van der Waals surface area (Å²) in [5.74, 6) is 2.69. The average molecular weight is 447 g/mol. The second-order valence-electron chi connectivity index (χ2n) is 5.88. The van der Waals surface area contributed by atoms with Gasteiger partial charge >= 0.3 is 0 Å². The van der Waals surface area contributed by atoms with E-state index >= 15 is 0 Å². The Morgan fingerprint density at radius 1 is 1.33 bits per heavy atom. The lowest BCUT2D eigenvalue weighted by Gasteiger charge is -2.13. The molecule has 5 nitrogen and oxygen atoms in total. The van der Waals surface area contributed by atoms with Gasteiger partial charge in [-0.2, -0.15) is 0 Å². The summed E-state index contributed by atoms with van der Waals surface area (Å²) in [7, 11) is 1.71. The van der Waals surface area contributed by atoms with Crippen LogP contribution < -0.4 is 20.1 Å². The molecular formula is C18H30IN3O2. The number of methoxy groups -OCH3 is 1. The number of unbranched alkanes of at least 4 members (excludes halogenated alkanes) is 1. The zero-order chi connectivity index (χ0) is 16.7. The molecule has 0 aliphatic carbocycles. The molecule has 0 aromatic heterocycles. The van der Waals surface area contributed by atoms with Crippen LogP contribution in [0.3, 0.4) is 0 Å². The number of ether oxygens (including phenoxy) is 2. The lowest BCUT2D eigenvalue weighted by atomic mass is 10.1. The molecule has 1 aromatic carbocycles. The number of benzene rings is 1. The van der Waals surface area contributed by atoms with E-state index in [0.29, 0.717) is 6.54 Å². The van der Waals surface area contributed by atoms with E-state index in [1.54, 1.807) is 7.11 Å². The van der Waals surface area contributed by atoms with Crippen LogP contribution in [0, 0.1) is 0 Å². The van der Waals surface area contributed by atoms with Crippen LogP contribution in [0.25, 0.3) is 0 Å². The van der Waals surface area contributed by atoms with Crippen LogP contribution in [0.4, 0.5) is 0 Å². The Labute approximate surface area is 162 Å². The van der Waals surface area contributed by atoms with Gasteiger partial charge in [0.2, 0.25) is 0 Å². The van der Waals surface area contributed by atoms with Crippen molar-refractivity contribution >= 4 is 29.9 Å². The third-order valence-electron chi connectivity index (χ3n) is 3.87. The van der Waals surface area contributed by atoms with Gasteiger partial charge in [0.15, 0.2) is 5.96 Å². The van der Waals surface area contributed by atoms with E-state index in [0.717, 1.165) is 49.0 Å². The van der Waals surface area contributed by atoms with Crippen molar-refractivity contribution in [3.63, 3.8) is 0 Å². The number of nitrogens with zero attached hydrogens (tertiary/aromatic N) is 1. The van der Waals surface area contributed by atoms with E-state index in [1.807, 2.05) is 0 Å². The highest BCUT2D eigenvalue weighted by Gasteiger charge is 2.21. The van der Waals surface area contributed by atoms with Gasteiger partial charge in [0.05, 0.1) is 13.7 Å². The number of hydrogen-bond acceptors (Lipinski definition) is 3. The summed E-state index contributed by atoms with van der Waals surface area (Å²) in [4.78, 5) is 4.67. The average Bonchev–Trinajstić information content (AvgIpc) is 2.90. The fourth-order valence-corrected chi connectivity index (χ4v) is 2.68. The molecule has 24 heavy (non-hydrogen) atoms. The summed E-state index contributed by atoms with van der Waals surface area (Å²) >= 11 is 0. The molecule has 0 saturated carbocycles. The van der Waals surface area contributed by atoms with Crippen LogP contribution in [0.1, 0.15) is 44.7 Å². The maximum absolute atomic E-state index is 5.85. The number of rotatable bonds is 7. The Morgan fingerprint density at radius 2 is 2.12 bits per heavy atom. The number of aliphatic imine (C=N–C) groups is 1. The number of nitrogens with one attached hydrogen (secondary N) is 2. The van der Waals surface area contributed by atoms with E-state index in [1.165, 1.54) is 12.0 Å². The molecular weight excluding hydrogens is 417 g/mol. The fourth-order valence-electron chi connectivity index (χ4n) is 2.68. The Kier molecular flexibility index (Phi) is 9.25. The quantitative estimate of drug-likeness (QED) is 0.291. The third-order valence-corrected chi connectivity index (χ3v) is 3.87. The first-order chi connectivity index (χ1) is 11.2. The maximum Gasteiger partial charge on any atom is 0.191 e. The molecule has 1 unspecified atom stereocenters. The van der Waals surface area contributed by atoms with Gasteiger partial charge in [-0.15, -0.1) is 24.0 Å². The summed E-state index contributed by atoms with van der Waals surface area (Å²) in [6.07, 6.45) is 3.48. The van der Waals surface area contributed by atoms with Crippen LogP contribution in [-0.4, -0.2) is 32.3 Å². The van der Waals surface area contributed by atoms with Crippen molar-refractivity contribution < 1.29 is 9.47 Å². The van der Waals surface area contributed by atoms with Crippen molar-refractivity contribution in [2.75, 3.05) is 20.2 Å². The Hall–Kier alpha value is -1.18. The molecule has 0 fully saturated rings. The standard InChI is InChI=1S/C18H29N3O2.HI/c1-5-7-8-20-18(19-6-2)21-12-15-11-17-14(9-13(3)23-17)10-16(15)22-4;/h10-11,13H,5-9,12H2,1-4H3,(H2,19,20,21);1H. The number of fused-ring (bicyclic) bond motifs is 1. The van der Waals surface area contributed by atoms with Gasteiger partial charge in [-0.25, -0.2) is 4.99 Å². The highest BCUT2D eigenvalue weighted by molar-refractivity contribution is 14.0. The second kappa shape index (κ2) is 10.6. The van der Waals surface area contributed by atoms with Crippen molar-refractivity contribution in [1.82, 2.24) is 10.6 Å². The molecule has 1 aliphatic rings. The van der Waals surface area contributed by atoms with Crippen LogP contribution >= 0.6 is 24.0 Å². The highest BCUT2D eigenvalue weighted by Crippen LogP contribution is 2.35. The predicted octanol–water partition coefficient (Wildman–Crippen LogP) is 3.49. The minimum Gasteiger partial charge on any atom is -0.496 e. The summed E-state index contributed by atoms with van der Waals surface area (Å²) in [5.41, 5.74) is 2.27. The van der Waals surface area contributed by atoms with Gasteiger partial charge in [0.1, 0.15) is 17.6 Å². The van der Waals surface area contributed by atoms with Crippen LogP contribution in [0.15, 0.2) is 17.1 Å². The molecule has 0 spiro atoms. The number of hydrogen-bond donors (Lipinski definition) is 2. The van der Waals surface area contributed by atoms with Crippen molar-refractivity contribution in [3.8, 4) is 11.5 Å². The van der Waals surface area contributed by atoms with Gasteiger partial charge in [0.25, 0.3) is 0 Å². The Bertz CT molecular complexity index is 549. The smallest absolute Gasteiger partial charge is 0.191 e. The molecule has 0 saturated heterocycles. The van der Waals surface area contributed by atoms with E-state index in [9.17, 15) is 0 Å². The number of guanidine groups is 1. The lowest BCUT2D eigenvalue weighted by Crippen LogP contribution is -2.37. The van der Waals surface area contributed by atoms with Gasteiger partial charge in [0, 0.05) is 30.6 Å². The zero-order valence-electron chi connectivity index (χ0n) is 15.1. The number of halogens is 1. The molecule has 1 aliphatic heterocycles. The monoisotopic (exact) mass is 447 g/mol. The van der Waals surface area contributed by atoms with Crippen LogP contribution in [0.2, 0.25) is 0 Å². The topological polar surface area (TPSA) is 54.9 Å². The van der Waals surface area contributed by atoms with Gasteiger partial charge < -0.3 is 20.1 Å². The van der Waals surface area contributed by atoms with Gasteiger partial charge in [-0.1, -0.05) is 13.3 Å². The molecule has 0 amide bonds. The van der Waals surface area contributed by atoms with E-state index in [2.05, 4.69) is 48.5 Å². The van der Waals surface area contributed by atoms with E-state index in [4.69, 9.17) is 9.47 Å². The van der Waals surface area contributed by atoms with Gasteiger partial charge in [-0.3, -0.25) is 0 Å². The van der Waals surface area contributed by atoms with Crippen molar-refractivity contribution in [2.45, 2.75) is 52.7 Å². The summed E-state index contributed by atoms with van der Waals surface area (Å²) < 4.78 is 11.4. The highest BCUT2D eigenvalue weighted by atomic mass is 127. The second-order valence-corrected chi connectivity index (χ2v) is 5.88. The van der Waals surface area contributed by atoms with Crippen LogP contribution in [-0.2, 0) is 13.0 Å². The van der Waals surface area contributed by atoms with Gasteiger partial charge in [-0.05, 0) is 32.4 Å². The van der Waals surface area contributed by atoms with Crippen molar-refractivity contribution in [3.05, 3.63) is 23.3 Å². The largest absolute Gasteiger partial charge is 0.496 e. The Balaban J connectivity index is 0.00000288. The normalized spacial score (nSPS) is 16.0. The molecule has 1 atom stereocenters.